The molecular formula is C16H19ClFN3. The molecule has 5 heteroatoms. The predicted molar refractivity (Wildman–Crippen MR) is 82.9 cm³/mol. The van der Waals surface area contributed by atoms with Gasteiger partial charge in [0.15, 0.2) is 0 Å². The second-order valence-corrected chi connectivity index (χ2v) is 5.44. The maximum Gasteiger partial charge on any atom is 0.124 e. The van der Waals surface area contributed by atoms with Gasteiger partial charge in [0.05, 0.1) is 23.6 Å². The Morgan fingerprint density at radius 3 is 2.71 bits per heavy atom. The lowest BCUT2D eigenvalue weighted by Gasteiger charge is -2.18. The van der Waals surface area contributed by atoms with Gasteiger partial charge in [-0.1, -0.05) is 24.6 Å². The molecule has 1 heterocycles. The maximum absolute atomic E-state index is 13.1. The van der Waals surface area contributed by atoms with Crippen molar-refractivity contribution < 1.29 is 4.39 Å². The average Bonchev–Trinajstić information content (AvgIpc) is 2.46. The first-order valence-electron chi connectivity index (χ1n) is 7.06. The van der Waals surface area contributed by atoms with E-state index in [1.165, 1.54) is 12.1 Å². The van der Waals surface area contributed by atoms with E-state index in [1.807, 2.05) is 6.92 Å². The lowest BCUT2D eigenvalue weighted by atomic mass is 10.0. The quantitative estimate of drug-likeness (QED) is 0.880. The second-order valence-electron chi connectivity index (χ2n) is 5.03. The third-order valence-corrected chi connectivity index (χ3v) is 3.59. The zero-order chi connectivity index (χ0) is 15.2. The molecule has 1 aromatic heterocycles. The lowest BCUT2D eigenvalue weighted by molar-refractivity contribution is 0.515. The molecule has 0 saturated carbocycles. The van der Waals surface area contributed by atoms with Crippen molar-refractivity contribution in [2.24, 2.45) is 0 Å². The van der Waals surface area contributed by atoms with Crippen LogP contribution in [0, 0.1) is 12.7 Å². The van der Waals surface area contributed by atoms with Crippen molar-refractivity contribution >= 4 is 11.6 Å². The summed E-state index contributed by atoms with van der Waals surface area (Å²) in [7, 11) is 0. The highest BCUT2D eigenvalue weighted by Crippen LogP contribution is 2.23. The van der Waals surface area contributed by atoms with Gasteiger partial charge in [-0.25, -0.2) is 4.39 Å². The summed E-state index contributed by atoms with van der Waals surface area (Å²) in [5.41, 5.74) is 2.65. The Hall–Kier alpha value is -1.52. The van der Waals surface area contributed by atoms with Crippen LogP contribution in [0.4, 0.5) is 4.39 Å². The monoisotopic (exact) mass is 307 g/mol. The first kappa shape index (κ1) is 15.9. The number of aryl methyl sites for hydroxylation is 1. The summed E-state index contributed by atoms with van der Waals surface area (Å²) < 4.78 is 13.1. The number of hydrogen-bond acceptors (Lipinski definition) is 3. The molecule has 2 aromatic rings. The SMILES string of the molecule is CCCNC(Cc1ccc(F)cc1Cl)c1cnc(C)cn1. The Morgan fingerprint density at radius 1 is 1.29 bits per heavy atom. The molecule has 0 saturated heterocycles. The van der Waals surface area contributed by atoms with Gasteiger partial charge in [0.1, 0.15) is 5.82 Å². The van der Waals surface area contributed by atoms with Gasteiger partial charge in [-0.3, -0.25) is 9.97 Å². The molecule has 0 aliphatic heterocycles. The van der Waals surface area contributed by atoms with Crippen molar-refractivity contribution in [1.82, 2.24) is 15.3 Å². The first-order chi connectivity index (χ1) is 10.1. The first-order valence-corrected chi connectivity index (χ1v) is 7.43. The van der Waals surface area contributed by atoms with Crippen molar-refractivity contribution in [2.45, 2.75) is 32.7 Å². The number of halogens is 2. The van der Waals surface area contributed by atoms with Gasteiger partial charge in [-0.15, -0.1) is 0 Å². The molecular weight excluding hydrogens is 289 g/mol. The van der Waals surface area contributed by atoms with Crippen LogP contribution in [0.1, 0.15) is 36.3 Å². The third-order valence-electron chi connectivity index (χ3n) is 3.24. The fourth-order valence-corrected chi connectivity index (χ4v) is 2.33. The van der Waals surface area contributed by atoms with Gasteiger partial charge >= 0.3 is 0 Å². The van der Waals surface area contributed by atoms with Crippen LogP contribution in [0.3, 0.4) is 0 Å². The normalized spacial score (nSPS) is 12.4. The van der Waals surface area contributed by atoms with Crippen molar-refractivity contribution in [3.63, 3.8) is 0 Å². The van der Waals surface area contributed by atoms with E-state index in [0.717, 1.165) is 29.9 Å². The van der Waals surface area contributed by atoms with Crippen LogP contribution in [0.15, 0.2) is 30.6 Å². The van der Waals surface area contributed by atoms with Crippen molar-refractivity contribution in [2.75, 3.05) is 6.54 Å². The molecule has 1 N–H and O–H groups in total. The minimum atomic E-state index is -0.322. The summed E-state index contributed by atoms with van der Waals surface area (Å²) in [5.74, 6) is -0.322. The van der Waals surface area contributed by atoms with Gasteiger partial charge in [-0.2, -0.15) is 0 Å². The van der Waals surface area contributed by atoms with Crippen LogP contribution in [-0.2, 0) is 6.42 Å². The molecule has 0 radical (unpaired) electrons. The lowest BCUT2D eigenvalue weighted by Crippen LogP contribution is -2.25. The van der Waals surface area contributed by atoms with Crippen molar-refractivity contribution in [1.29, 1.82) is 0 Å². The highest BCUT2D eigenvalue weighted by Gasteiger charge is 2.15. The summed E-state index contributed by atoms with van der Waals surface area (Å²) >= 11 is 6.12. The Kier molecular flexibility index (Phi) is 5.65. The number of benzene rings is 1. The molecule has 1 atom stereocenters. The molecule has 0 aliphatic carbocycles. The summed E-state index contributed by atoms with van der Waals surface area (Å²) in [6, 6.07) is 4.51. The average molecular weight is 308 g/mol. The molecule has 1 aromatic carbocycles. The second kappa shape index (κ2) is 7.48. The van der Waals surface area contributed by atoms with Crippen molar-refractivity contribution in [3.8, 4) is 0 Å². The molecule has 0 amide bonds. The van der Waals surface area contributed by atoms with Gasteiger partial charge in [0.25, 0.3) is 0 Å². The van der Waals surface area contributed by atoms with Crippen LogP contribution in [0.25, 0.3) is 0 Å². The van der Waals surface area contributed by atoms with Crippen LogP contribution in [0.2, 0.25) is 5.02 Å². The van der Waals surface area contributed by atoms with E-state index in [1.54, 1.807) is 18.5 Å². The minimum Gasteiger partial charge on any atom is -0.308 e. The standard InChI is InChI=1S/C16H19ClFN3/c1-3-6-19-15(16-10-20-11(2)9-21-16)7-12-4-5-13(18)8-14(12)17/h4-5,8-10,15,19H,3,6-7H2,1-2H3. The number of aromatic nitrogens is 2. The molecule has 3 nitrogen and oxygen atoms in total. The number of nitrogens with zero attached hydrogens (tertiary/aromatic N) is 2. The van der Waals surface area contributed by atoms with Gasteiger partial charge < -0.3 is 5.32 Å². The molecule has 0 aliphatic rings. The van der Waals surface area contributed by atoms with Crippen molar-refractivity contribution in [3.05, 3.63) is 58.4 Å². The number of nitrogens with one attached hydrogen (secondary N) is 1. The molecule has 0 spiro atoms. The maximum atomic E-state index is 13.1. The summed E-state index contributed by atoms with van der Waals surface area (Å²) in [4.78, 5) is 8.72. The summed E-state index contributed by atoms with van der Waals surface area (Å²) in [5, 5.41) is 3.88. The van der Waals surface area contributed by atoms with E-state index in [0.29, 0.717) is 11.4 Å². The number of rotatable bonds is 6. The molecule has 2 rings (SSSR count). The summed E-state index contributed by atoms with van der Waals surface area (Å²) in [6.07, 6.45) is 5.20. The van der Waals surface area contributed by atoms with Gasteiger partial charge in [0, 0.05) is 11.2 Å². The Morgan fingerprint density at radius 2 is 2.10 bits per heavy atom. The summed E-state index contributed by atoms with van der Waals surface area (Å²) in [6.45, 7) is 4.89. The van der Waals surface area contributed by atoms with Crippen LogP contribution < -0.4 is 5.32 Å². The molecule has 21 heavy (non-hydrogen) atoms. The smallest absolute Gasteiger partial charge is 0.124 e. The Balaban J connectivity index is 2.21. The van der Waals surface area contributed by atoms with E-state index in [4.69, 9.17) is 11.6 Å². The largest absolute Gasteiger partial charge is 0.308 e. The third kappa shape index (κ3) is 4.48. The van der Waals surface area contributed by atoms with E-state index < -0.39 is 0 Å². The zero-order valence-corrected chi connectivity index (χ0v) is 13.0. The van der Waals surface area contributed by atoms with E-state index in [2.05, 4.69) is 22.2 Å². The molecule has 1 unspecified atom stereocenters. The van der Waals surface area contributed by atoms with E-state index in [9.17, 15) is 4.39 Å². The predicted octanol–water partition coefficient (Wildman–Crippen LogP) is 3.86. The highest BCUT2D eigenvalue weighted by atomic mass is 35.5. The zero-order valence-electron chi connectivity index (χ0n) is 12.2. The molecule has 112 valence electrons. The minimum absolute atomic E-state index is 0.0148. The Bertz CT molecular complexity index is 587. The Labute approximate surface area is 129 Å². The van der Waals surface area contributed by atoms with Crippen LogP contribution >= 0.6 is 11.6 Å². The number of hydrogen-bond donors (Lipinski definition) is 1. The fourth-order valence-electron chi connectivity index (χ4n) is 2.09. The van der Waals surface area contributed by atoms with Crippen LogP contribution in [-0.4, -0.2) is 16.5 Å². The molecule has 0 bridgehead atoms. The molecule has 0 fully saturated rings. The van der Waals surface area contributed by atoms with Gasteiger partial charge in [-0.05, 0) is 44.0 Å². The fraction of sp³-hybridized carbons (Fsp3) is 0.375. The van der Waals surface area contributed by atoms with E-state index in [-0.39, 0.29) is 11.9 Å². The highest BCUT2D eigenvalue weighted by molar-refractivity contribution is 6.31. The van der Waals surface area contributed by atoms with Gasteiger partial charge in [0.2, 0.25) is 0 Å². The topological polar surface area (TPSA) is 37.8 Å². The van der Waals surface area contributed by atoms with E-state index >= 15 is 0 Å². The van der Waals surface area contributed by atoms with Crippen LogP contribution in [0.5, 0.6) is 0 Å².